The van der Waals surface area contributed by atoms with E-state index in [9.17, 15) is 5.11 Å². The van der Waals surface area contributed by atoms with Crippen LogP contribution in [0, 0.1) is 6.92 Å². The average molecular weight is 420 g/mol. The van der Waals surface area contributed by atoms with Crippen LogP contribution in [0.25, 0.3) is 16.9 Å². The van der Waals surface area contributed by atoms with E-state index in [0.717, 1.165) is 30.0 Å². The van der Waals surface area contributed by atoms with Gasteiger partial charge in [-0.15, -0.1) is 10.2 Å². The average Bonchev–Trinajstić information content (AvgIpc) is 3.11. The van der Waals surface area contributed by atoms with Crippen LogP contribution in [0.5, 0.6) is 5.75 Å². The molecular formula is C23H29N7O. The molecule has 5 rings (SSSR count). The van der Waals surface area contributed by atoms with Crippen molar-refractivity contribution in [2.75, 3.05) is 17.7 Å². The Kier molecular flexibility index (Phi) is 5.02. The number of anilines is 2. The van der Waals surface area contributed by atoms with Crippen LogP contribution < -0.4 is 16.0 Å². The number of phenolic OH excluding ortho intramolecular Hbond substituents is 1. The Labute approximate surface area is 182 Å². The molecule has 0 radical (unpaired) electrons. The molecule has 0 spiro atoms. The number of benzene rings is 1. The molecule has 162 valence electrons. The van der Waals surface area contributed by atoms with Crippen molar-refractivity contribution in [3.63, 3.8) is 0 Å². The second-order valence-corrected chi connectivity index (χ2v) is 8.82. The third kappa shape index (κ3) is 3.83. The monoisotopic (exact) mass is 419 g/mol. The summed E-state index contributed by atoms with van der Waals surface area (Å²) in [4.78, 5) is 2.26. The molecule has 0 saturated carbocycles. The Morgan fingerprint density at radius 1 is 1.13 bits per heavy atom. The summed E-state index contributed by atoms with van der Waals surface area (Å²) >= 11 is 0. The molecule has 2 aromatic heterocycles. The van der Waals surface area contributed by atoms with Crippen molar-refractivity contribution in [2.45, 2.75) is 57.2 Å². The standard InChI is InChI=1S/C23H29N7O/c1-14-20(24)13-30(28-14)17-6-7-19(22(31)12-17)21-8-9-23(27-26-21)29(2)18-10-15-4-3-5-16(11-18)25-15/h6-9,12-13,15-16,18,25,31H,3-5,10-11,24H2,1-2H3/t15-,16+,18-. The van der Waals surface area contributed by atoms with Crippen molar-refractivity contribution >= 4 is 11.5 Å². The van der Waals surface area contributed by atoms with Gasteiger partial charge in [-0.3, -0.25) is 0 Å². The van der Waals surface area contributed by atoms with Crippen LogP contribution in [-0.4, -0.2) is 50.3 Å². The van der Waals surface area contributed by atoms with Crippen LogP contribution in [0.4, 0.5) is 11.5 Å². The maximum absolute atomic E-state index is 10.6. The second kappa shape index (κ2) is 7.85. The lowest BCUT2D eigenvalue weighted by Crippen LogP contribution is -2.54. The number of aromatic hydroxyl groups is 1. The van der Waals surface area contributed by atoms with Crippen molar-refractivity contribution in [3.05, 3.63) is 42.2 Å². The smallest absolute Gasteiger partial charge is 0.151 e. The van der Waals surface area contributed by atoms with E-state index in [0.29, 0.717) is 35.1 Å². The van der Waals surface area contributed by atoms with Crippen LogP contribution in [0.1, 0.15) is 37.8 Å². The fourth-order valence-electron chi connectivity index (χ4n) is 4.88. The van der Waals surface area contributed by atoms with Gasteiger partial charge in [0.25, 0.3) is 0 Å². The van der Waals surface area contributed by atoms with Gasteiger partial charge in [0, 0.05) is 36.8 Å². The van der Waals surface area contributed by atoms with Gasteiger partial charge in [0.2, 0.25) is 0 Å². The number of hydrogen-bond acceptors (Lipinski definition) is 7. The Morgan fingerprint density at radius 3 is 2.52 bits per heavy atom. The third-order valence-corrected chi connectivity index (χ3v) is 6.71. The lowest BCUT2D eigenvalue weighted by atomic mass is 9.83. The fourth-order valence-corrected chi connectivity index (χ4v) is 4.88. The van der Waals surface area contributed by atoms with E-state index in [-0.39, 0.29) is 5.75 Å². The zero-order valence-electron chi connectivity index (χ0n) is 18.0. The summed E-state index contributed by atoms with van der Waals surface area (Å²) < 4.78 is 1.66. The number of fused-ring (bicyclic) bond motifs is 2. The van der Waals surface area contributed by atoms with Crippen LogP contribution in [0.3, 0.4) is 0 Å². The molecule has 4 N–H and O–H groups in total. The molecule has 3 aromatic rings. The second-order valence-electron chi connectivity index (χ2n) is 8.82. The molecule has 0 aliphatic carbocycles. The fraction of sp³-hybridized carbons (Fsp3) is 0.435. The molecule has 2 aliphatic heterocycles. The number of aryl methyl sites for hydroxylation is 1. The van der Waals surface area contributed by atoms with Gasteiger partial charge in [-0.2, -0.15) is 5.10 Å². The van der Waals surface area contributed by atoms with Gasteiger partial charge in [0.05, 0.1) is 29.0 Å². The SMILES string of the molecule is Cc1nn(-c2ccc(-c3ccc(N(C)[C@@H]4C[C@H]5CCC[C@@H](C4)N5)nn3)c(O)c2)cc1N. The maximum atomic E-state index is 10.6. The normalized spacial score (nSPS) is 23.0. The summed E-state index contributed by atoms with van der Waals surface area (Å²) in [7, 11) is 2.11. The van der Waals surface area contributed by atoms with E-state index >= 15 is 0 Å². The van der Waals surface area contributed by atoms with Gasteiger partial charge < -0.3 is 21.1 Å². The molecule has 0 amide bonds. The van der Waals surface area contributed by atoms with Gasteiger partial charge in [0.1, 0.15) is 5.75 Å². The molecule has 3 atom stereocenters. The topological polar surface area (TPSA) is 105 Å². The Bertz CT molecular complexity index is 1050. The molecule has 8 nitrogen and oxygen atoms in total. The summed E-state index contributed by atoms with van der Waals surface area (Å²) in [6.45, 7) is 1.85. The van der Waals surface area contributed by atoms with Gasteiger partial charge in [0.15, 0.2) is 5.82 Å². The van der Waals surface area contributed by atoms with E-state index in [4.69, 9.17) is 5.73 Å². The first-order valence-electron chi connectivity index (χ1n) is 11.0. The molecule has 1 aromatic carbocycles. The van der Waals surface area contributed by atoms with Crippen LogP contribution in [0.15, 0.2) is 36.5 Å². The molecular weight excluding hydrogens is 390 g/mol. The quantitative estimate of drug-likeness (QED) is 0.597. The van der Waals surface area contributed by atoms with Crippen LogP contribution in [-0.2, 0) is 0 Å². The number of phenols is 1. The van der Waals surface area contributed by atoms with Crippen LogP contribution >= 0.6 is 0 Å². The predicted octanol–water partition coefficient (Wildman–Crippen LogP) is 3.03. The number of nitrogens with one attached hydrogen (secondary N) is 1. The Morgan fingerprint density at radius 2 is 1.90 bits per heavy atom. The minimum absolute atomic E-state index is 0.130. The predicted molar refractivity (Wildman–Crippen MR) is 121 cm³/mol. The number of nitrogens with zero attached hydrogens (tertiary/aromatic N) is 5. The molecule has 8 heteroatoms. The first-order valence-corrected chi connectivity index (χ1v) is 11.0. The van der Waals surface area contributed by atoms with Crippen molar-refractivity contribution in [2.24, 2.45) is 0 Å². The summed E-state index contributed by atoms with van der Waals surface area (Å²) in [6.07, 6.45) is 7.91. The number of aromatic nitrogens is 4. The molecule has 2 fully saturated rings. The minimum atomic E-state index is 0.130. The first-order chi connectivity index (χ1) is 15.0. The summed E-state index contributed by atoms with van der Waals surface area (Å²) in [5, 5.41) is 27.6. The summed E-state index contributed by atoms with van der Waals surface area (Å²) in [5.41, 5.74) is 9.27. The summed E-state index contributed by atoms with van der Waals surface area (Å²) in [6, 6.07) is 11.0. The van der Waals surface area contributed by atoms with E-state index in [2.05, 4.69) is 32.6 Å². The van der Waals surface area contributed by atoms with Crippen molar-refractivity contribution in [3.8, 4) is 22.7 Å². The van der Waals surface area contributed by atoms with E-state index in [1.54, 1.807) is 16.9 Å². The van der Waals surface area contributed by atoms with E-state index < -0.39 is 0 Å². The highest BCUT2D eigenvalue weighted by Gasteiger charge is 2.33. The van der Waals surface area contributed by atoms with E-state index in [1.807, 2.05) is 31.2 Å². The van der Waals surface area contributed by atoms with Crippen molar-refractivity contribution in [1.82, 2.24) is 25.3 Å². The number of nitrogens with two attached hydrogens (primary N) is 1. The summed E-state index contributed by atoms with van der Waals surface area (Å²) in [5.74, 6) is 0.998. The van der Waals surface area contributed by atoms with Gasteiger partial charge in [-0.1, -0.05) is 6.42 Å². The number of piperidine rings is 2. The van der Waals surface area contributed by atoms with Gasteiger partial charge in [-0.05, 0) is 56.9 Å². The third-order valence-electron chi connectivity index (χ3n) is 6.71. The Hall–Kier alpha value is -3.13. The first kappa shape index (κ1) is 19.8. The zero-order valence-corrected chi connectivity index (χ0v) is 18.0. The molecule has 2 bridgehead atoms. The number of hydrogen-bond donors (Lipinski definition) is 3. The minimum Gasteiger partial charge on any atom is -0.507 e. The largest absolute Gasteiger partial charge is 0.507 e. The highest BCUT2D eigenvalue weighted by molar-refractivity contribution is 5.69. The Balaban J connectivity index is 1.33. The zero-order chi connectivity index (χ0) is 21.5. The molecule has 4 heterocycles. The maximum Gasteiger partial charge on any atom is 0.151 e. The highest BCUT2D eigenvalue weighted by atomic mass is 16.3. The molecule has 2 saturated heterocycles. The number of nitrogen functional groups attached to an aromatic ring is 1. The van der Waals surface area contributed by atoms with Crippen molar-refractivity contribution in [1.29, 1.82) is 0 Å². The van der Waals surface area contributed by atoms with E-state index in [1.165, 1.54) is 19.3 Å². The van der Waals surface area contributed by atoms with Gasteiger partial charge >= 0.3 is 0 Å². The van der Waals surface area contributed by atoms with Crippen molar-refractivity contribution < 1.29 is 5.11 Å². The molecule has 2 aliphatic rings. The van der Waals surface area contributed by atoms with Crippen LogP contribution in [0.2, 0.25) is 0 Å². The lowest BCUT2D eigenvalue weighted by Gasteiger charge is -2.43. The highest BCUT2D eigenvalue weighted by Crippen LogP contribution is 2.32. The van der Waals surface area contributed by atoms with Gasteiger partial charge in [-0.25, -0.2) is 4.68 Å². The number of rotatable bonds is 4. The lowest BCUT2D eigenvalue weighted by molar-refractivity contribution is 0.219. The molecule has 0 unspecified atom stereocenters. The molecule has 31 heavy (non-hydrogen) atoms.